The third-order valence-electron chi connectivity index (χ3n) is 3.31. The SMILES string of the molecule is C=CC1(C(NC(=O)OC(C)(C)C)C(=O)O)CCOCC1. The van der Waals surface area contributed by atoms with E-state index in [0.717, 1.165) is 0 Å². The molecule has 0 saturated carbocycles. The molecule has 1 amide bonds. The molecular formula is C14H23NO5. The first-order valence-corrected chi connectivity index (χ1v) is 6.64. The first kappa shape index (κ1) is 16.5. The fourth-order valence-corrected chi connectivity index (χ4v) is 2.24. The van der Waals surface area contributed by atoms with E-state index in [0.29, 0.717) is 26.1 Å². The van der Waals surface area contributed by atoms with Gasteiger partial charge in [-0.3, -0.25) is 0 Å². The third kappa shape index (κ3) is 4.23. The molecule has 0 aliphatic carbocycles. The van der Waals surface area contributed by atoms with Gasteiger partial charge in [-0.1, -0.05) is 6.08 Å². The highest BCUT2D eigenvalue weighted by Gasteiger charge is 2.43. The standard InChI is InChI=1S/C14H23NO5/c1-5-14(6-8-19-9-7-14)10(11(16)17)15-12(18)20-13(2,3)4/h5,10H,1,6-9H2,2-4H3,(H,15,18)(H,16,17). The van der Waals surface area contributed by atoms with Crippen LogP contribution in [0.15, 0.2) is 12.7 Å². The molecule has 1 aliphatic heterocycles. The van der Waals surface area contributed by atoms with Gasteiger partial charge in [0.1, 0.15) is 11.6 Å². The van der Waals surface area contributed by atoms with E-state index in [2.05, 4.69) is 11.9 Å². The maximum atomic E-state index is 11.8. The molecule has 0 aromatic carbocycles. The molecule has 0 spiro atoms. The highest BCUT2D eigenvalue weighted by Crippen LogP contribution is 2.35. The molecule has 1 atom stereocenters. The second-order valence-corrected chi connectivity index (χ2v) is 5.97. The Morgan fingerprint density at radius 2 is 1.95 bits per heavy atom. The van der Waals surface area contributed by atoms with Crippen molar-refractivity contribution in [2.45, 2.75) is 45.3 Å². The molecule has 6 heteroatoms. The molecule has 114 valence electrons. The van der Waals surface area contributed by atoms with Gasteiger partial charge in [0.2, 0.25) is 0 Å². The van der Waals surface area contributed by atoms with E-state index in [1.54, 1.807) is 26.8 Å². The lowest BCUT2D eigenvalue weighted by molar-refractivity contribution is -0.144. The Morgan fingerprint density at radius 1 is 1.40 bits per heavy atom. The van der Waals surface area contributed by atoms with Crippen molar-refractivity contribution >= 4 is 12.1 Å². The fourth-order valence-electron chi connectivity index (χ4n) is 2.24. The smallest absolute Gasteiger partial charge is 0.408 e. The molecule has 0 aromatic heterocycles. The van der Waals surface area contributed by atoms with Crippen LogP contribution in [-0.4, -0.2) is 42.0 Å². The molecule has 1 aliphatic rings. The van der Waals surface area contributed by atoms with E-state index < -0.39 is 29.1 Å². The lowest BCUT2D eigenvalue weighted by Gasteiger charge is -2.39. The number of amides is 1. The number of carboxylic acid groups (broad SMARTS) is 1. The third-order valence-corrected chi connectivity index (χ3v) is 3.31. The highest BCUT2D eigenvalue weighted by molar-refractivity contribution is 5.81. The number of hydrogen-bond donors (Lipinski definition) is 2. The number of ether oxygens (including phenoxy) is 2. The first-order valence-electron chi connectivity index (χ1n) is 6.64. The van der Waals surface area contributed by atoms with Crippen molar-refractivity contribution in [1.82, 2.24) is 5.32 Å². The Bertz CT molecular complexity index is 380. The van der Waals surface area contributed by atoms with Crippen LogP contribution in [0, 0.1) is 5.41 Å². The van der Waals surface area contributed by atoms with Crippen LogP contribution in [0.4, 0.5) is 4.79 Å². The lowest BCUT2D eigenvalue weighted by atomic mass is 9.74. The monoisotopic (exact) mass is 285 g/mol. The van der Waals surface area contributed by atoms with Crippen LogP contribution < -0.4 is 5.32 Å². The predicted octanol–water partition coefficient (Wildman–Crippen LogP) is 1.95. The summed E-state index contributed by atoms with van der Waals surface area (Å²) >= 11 is 0. The number of nitrogens with one attached hydrogen (secondary N) is 1. The van der Waals surface area contributed by atoms with Gasteiger partial charge in [-0.2, -0.15) is 0 Å². The summed E-state index contributed by atoms with van der Waals surface area (Å²) in [7, 11) is 0. The largest absolute Gasteiger partial charge is 0.480 e. The number of carbonyl (C=O) groups is 2. The predicted molar refractivity (Wildman–Crippen MR) is 73.5 cm³/mol. The summed E-state index contributed by atoms with van der Waals surface area (Å²) in [5.74, 6) is -1.10. The van der Waals surface area contributed by atoms with Gasteiger partial charge in [0.25, 0.3) is 0 Å². The van der Waals surface area contributed by atoms with Crippen molar-refractivity contribution in [3.05, 3.63) is 12.7 Å². The van der Waals surface area contributed by atoms with Crippen LogP contribution in [0.5, 0.6) is 0 Å². The Balaban J connectivity index is 2.85. The maximum absolute atomic E-state index is 11.8. The molecular weight excluding hydrogens is 262 g/mol. The quantitative estimate of drug-likeness (QED) is 0.771. The van der Waals surface area contributed by atoms with E-state index in [4.69, 9.17) is 9.47 Å². The summed E-state index contributed by atoms with van der Waals surface area (Å²) in [5.41, 5.74) is -1.38. The molecule has 1 saturated heterocycles. The van der Waals surface area contributed by atoms with Crippen molar-refractivity contribution < 1.29 is 24.2 Å². The van der Waals surface area contributed by atoms with E-state index in [9.17, 15) is 14.7 Å². The number of carbonyl (C=O) groups excluding carboxylic acids is 1. The van der Waals surface area contributed by atoms with Crippen LogP contribution in [0.2, 0.25) is 0 Å². The van der Waals surface area contributed by atoms with Gasteiger partial charge < -0.3 is 19.9 Å². The zero-order valence-corrected chi connectivity index (χ0v) is 12.3. The van der Waals surface area contributed by atoms with Crippen molar-refractivity contribution in [2.24, 2.45) is 5.41 Å². The summed E-state index contributed by atoms with van der Waals surface area (Å²) in [6.45, 7) is 9.80. The molecule has 20 heavy (non-hydrogen) atoms. The average molecular weight is 285 g/mol. The van der Waals surface area contributed by atoms with E-state index in [1.807, 2.05) is 0 Å². The number of hydrogen-bond acceptors (Lipinski definition) is 4. The molecule has 1 unspecified atom stereocenters. The summed E-state index contributed by atoms with van der Waals surface area (Å²) in [6, 6.07) is -1.07. The summed E-state index contributed by atoms with van der Waals surface area (Å²) in [6.07, 6.45) is 1.87. The fraction of sp³-hybridized carbons (Fsp3) is 0.714. The van der Waals surface area contributed by atoms with Crippen molar-refractivity contribution in [1.29, 1.82) is 0 Å². The minimum atomic E-state index is -1.10. The summed E-state index contributed by atoms with van der Waals surface area (Å²) in [4.78, 5) is 23.3. The molecule has 2 N–H and O–H groups in total. The average Bonchev–Trinajstić information content (AvgIpc) is 2.34. The Morgan fingerprint density at radius 3 is 2.35 bits per heavy atom. The van der Waals surface area contributed by atoms with Gasteiger partial charge in [0.15, 0.2) is 0 Å². The van der Waals surface area contributed by atoms with Gasteiger partial charge >= 0.3 is 12.1 Å². The van der Waals surface area contributed by atoms with E-state index in [1.165, 1.54) is 0 Å². The van der Waals surface area contributed by atoms with Crippen LogP contribution in [0.3, 0.4) is 0 Å². The Hall–Kier alpha value is -1.56. The minimum absolute atomic E-state index is 0.450. The second-order valence-electron chi connectivity index (χ2n) is 5.97. The number of rotatable bonds is 4. The molecule has 1 rings (SSSR count). The topological polar surface area (TPSA) is 84.9 Å². The zero-order chi connectivity index (χ0) is 15.4. The summed E-state index contributed by atoms with van der Waals surface area (Å²) < 4.78 is 10.4. The van der Waals surface area contributed by atoms with Crippen molar-refractivity contribution in [3.63, 3.8) is 0 Å². The van der Waals surface area contributed by atoms with Gasteiger partial charge in [0, 0.05) is 18.6 Å². The van der Waals surface area contributed by atoms with Crippen LogP contribution >= 0.6 is 0 Å². The van der Waals surface area contributed by atoms with Gasteiger partial charge in [-0.25, -0.2) is 9.59 Å². The van der Waals surface area contributed by atoms with Gasteiger partial charge in [-0.05, 0) is 33.6 Å². The second kappa shape index (κ2) is 6.26. The zero-order valence-electron chi connectivity index (χ0n) is 12.3. The van der Waals surface area contributed by atoms with Crippen molar-refractivity contribution in [3.8, 4) is 0 Å². The first-order chi connectivity index (χ1) is 9.20. The van der Waals surface area contributed by atoms with Crippen LogP contribution in [0.1, 0.15) is 33.6 Å². The molecule has 1 heterocycles. The normalized spacial score (nSPS) is 19.8. The number of aliphatic carboxylic acids is 1. The Labute approximate surface area is 119 Å². The van der Waals surface area contributed by atoms with E-state index >= 15 is 0 Å². The number of carboxylic acids is 1. The summed E-state index contributed by atoms with van der Waals surface area (Å²) in [5, 5.41) is 11.9. The highest BCUT2D eigenvalue weighted by atomic mass is 16.6. The Kier molecular flexibility index (Phi) is 5.16. The molecule has 6 nitrogen and oxygen atoms in total. The minimum Gasteiger partial charge on any atom is -0.480 e. The maximum Gasteiger partial charge on any atom is 0.408 e. The van der Waals surface area contributed by atoms with Crippen molar-refractivity contribution in [2.75, 3.05) is 13.2 Å². The van der Waals surface area contributed by atoms with E-state index in [-0.39, 0.29) is 0 Å². The molecule has 1 fully saturated rings. The van der Waals surface area contributed by atoms with Crippen LogP contribution in [0.25, 0.3) is 0 Å². The van der Waals surface area contributed by atoms with Gasteiger partial charge in [0.05, 0.1) is 0 Å². The number of alkyl carbamates (subject to hydrolysis) is 1. The van der Waals surface area contributed by atoms with Crippen LogP contribution in [-0.2, 0) is 14.3 Å². The lowest BCUT2D eigenvalue weighted by Crippen LogP contribution is -2.54. The van der Waals surface area contributed by atoms with Gasteiger partial charge in [-0.15, -0.1) is 6.58 Å². The molecule has 0 bridgehead atoms. The molecule has 0 aromatic rings. The molecule has 0 radical (unpaired) electrons.